The molecule has 25 heavy (non-hydrogen) atoms. The fourth-order valence-electron chi connectivity index (χ4n) is 2.63. The highest BCUT2D eigenvalue weighted by molar-refractivity contribution is 7.20. The maximum atomic E-state index is 12.7. The molecule has 130 valence electrons. The molecular weight excluding hydrogens is 336 g/mol. The zero-order chi connectivity index (χ0) is 17.8. The molecule has 0 spiro atoms. The van der Waals surface area contributed by atoms with E-state index in [1.807, 2.05) is 19.1 Å². The minimum atomic E-state index is -0.191. The van der Waals surface area contributed by atoms with Gasteiger partial charge in [0.25, 0.3) is 11.5 Å². The Morgan fingerprint density at radius 2 is 2.24 bits per heavy atom. The van der Waals surface area contributed by atoms with Crippen molar-refractivity contribution in [2.45, 2.75) is 39.8 Å². The molecule has 1 N–H and O–H groups in total. The summed E-state index contributed by atoms with van der Waals surface area (Å²) in [6.07, 6.45) is 6.92. The van der Waals surface area contributed by atoms with E-state index in [-0.39, 0.29) is 11.5 Å². The van der Waals surface area contributed by atoms with Crippen LogP contribution < -0.4 is 10.9 Å². The number of unbranched alkanes of at least 4 members (excludes halogenated alkanes) is 1. The molecule has 1 amide bonds. The maximum absolute atomic E-state index is 12.7. The van der Waals surface area contributed by atoms with Gasteiger partial charge in [0, 0.05) is 25.5 Å². The summed E-state index contributed by atoms with van der Waals surface area (Å²) in [6.45, 7) is 4.94. The fraction of sp³-hybridized carbons (Fsp3) is 0.333. The first-order valence-corrected chi connectivity index (χ1v) is 9.09. The van der Waals surface area contributed by atoms with Gasteiger partial charge in [-0.3, -0.25) is 19.1 Å². The van der Waals surface area contributed by atoms with Crippen molar-refractivity contribution in [3.8, 4) is 0 Å². The summed E-state index contributed by atoms with van der Waals surface area (Å²) in [5.41, 5.74) is 1.56. The Morgan fingerprint density at radius 3 is 2.96 bits per heavy atom. The van der Waals surface area contributed by atoms with Gasteiger partial charge in [0.2, 0.25) is 0 Å². The van der Waals surface area contributed by atoms with Crippen molar-refractivity contribution in [3.05, 3.63) is 57.2 Å². The predicted octanol–water partition coefficient (Wildman–Crippen LogP) is 2.89. The van der Waals surface area contributed by atoms with Crippen LogP contribution in [0.15, 0.2) is 35.6 Å². The van der Waals surface area contributed by atoms with E-state index in [2.05, 4.69) is 22.2 Å². The molecule has 0 saturated carbocycles. The number of nitrogens with one attached hydrogen (secondary N) is 1. The molecule has 7 heteroatoms. The van der Waals surface area contributed by atoms with Crippen LogP contribution in [0.4, 0.5) is 0 Å². The van der Waals surface area contributed by atoms with E-state index in [4.69, 9.17) is 0 Å². The summed E-state index contributed by atoms with van der Waals surface area (Å²) in [5, 5.41) is 3.43. The number of aromatic nitrogens is 3. The summed E-state index contributed by atoms with van der Waals surface area (Å²) in [6, 6.07) is 3.73. The van der Waals surface area contributed by atoms with Gasteiger partial charge < -0.3 is 5.32 Å². The van der Waals surface area contributed by atoms with Crippen molar-refractivity contribution in [1.82, 2.24) is 19.9 Å². The average molecular weight is 356 g/mol. The molecule has 0 aliphatic heterocycles. The summed E-state index contributed by atoms with van der Waals surface area (Å²) < 4.78 is 1.63. The molecule has 3 heterocycles. The van der Waals surface area contributed by atoms with E-state index in [0.29, 0.717) is 33.7 Å². The van der Waals surface area contributed by atoms with Gasteiger partial charge in [-0.2, -0.15) is 0 Å². The van der Waals surface area contributed by atoms with Gasteiger partial charge >= 0.3 is 0 Å². The van der Waals surface area contributed by atoms with E-state index >= 15 is 0 Å². The zero-order valence-electron chi connectivity index (χ0n) is 14.3. The normalized spacial score (nSPS) is 11.0. The molecule has 0 aliphatic carbocycles. The van der Waals surface area contributed by atoms with Gasteiger partial charge in [-0.15, -0.1) is 11.3 Å². The number of nitrogens with zero attached hydrogens (tertiary/aromatic N) is 3. The highest BCUT2D eigenvalue weighted by Crippen LogP contribution is 2.26. The van der Waals surface area contributed by atoms with Crippen LogP contribution in [-0.4, -0.2) is 20.4 Å². The van der Waals surface area contributed by atoms with Crippen LogP contribution in [0.5, 0.6) is 0 Å². The van der Waals surface area contributed by atoms with E-state index in [1.165, 1.54) is 11.3 Å². The van der Waals surface area contributed by atoms with Gasteiger partial charge in [-0.25, -0.2) is 4.98 Å². The summed E-state index contributed by atoms with van der Waals surface area (Å²) in [4.78, 5) is 34.7. The minimum Gasteiger partial charge on any atom is -0.347 e. The van der Waals surface area contributed by atoms with Crippen LogP contribution in [0.25, 0.3) is 10.2 Å². The molecule has 0 bridgehead atoms. The van der Waals surface area contributed by atoms with Crippen LogP contribution in [0.2, 0.25) is 0 Å². The molecule has 3 aromatic heterocycles. The van der Waals surface area contributed by atoms with E-state index in [1.54, 1.807) is 23.3 Å². The lowest BCUT2D eigenvalue weighted by molar-refractivity contribution is 0.0954. The maximum Gasteiger partial charge on any atom is 0.262 e. The van der Waals surface area contributed by atoms with Gasteiger partial charge in [0.15, 0.2) is 0 Å². The fourth-order valence-corrected chi connectivity index (χ4v) is 3.68. The van der Waals surface area contributed by atoms with Crippen LogP contribution in [0.3, 0.4) is 0 Å². The van der Waals surface area contributed by atoms with Crippen LogP contribution >= 0.6 is 11.3 Å². The van der Waals surface area contributed by atoms with Gasteiger partial charge in [0.05, 0.1) is 16.6 Å². The molecule has 0 saturated heterocycles. The smallest absolute Gasteiger partial charge is 0.262 e. The molecule has 0 unspecified atom stereocenters. The number of hydrogen-bond donors (Lipinski definition) is 1. The molecule has 0 aliphatic rings. The van der Waals surface area contributed by atoms with E-state index < -0.39 is 0 Å². The third kappa shape index (κ3) is 3.61. The van der Waals surface area contributed by atoms with Gasteiger partial charge in [-0.1, -0.05) is 19.4 Å². The second-order valence-corrected chi connectivity index (χ2v) is 6.88. The largest absolute Gasteiger partial charge is 0.347 e. The van der Waals surface area contributed by atoms with E-state index in [0.717, 1.165) is 18.4 Å². The lowest BCUT2D eigenvalue weighted by atomic mass is 10.2. The molecule has 0 atom stereocenters. The van der Waals surface area contributed by atoms with E-state index in [9.17, 15) is 9.59 Å². The van der Waals surface area contributed by atoms with Crippen molar-refractivity contribution in [2.24, 2.45) is 0 Å². The highest BCUT2D eigenvalue weighted by atomic mass is 32.1. The molecule has 0 fully saturated rings. The number of fused-ring (bicyclic) bond motifs is 1. The van der Waals surface area contributed by atoms with Crippen molar-refractivity contribution in [2.75, 3.05) is 0 Å². The molecular formula is C18H20N4O2S. The second kappa shape index (κ2) is 7.57. The first kappa shape index (κ1) is 17.3. The number of aryl methyl sites for hydroxylation is 2. The van der Waals surface area contributed by atoms with Crippen LogP contribution in [0.1, 0.15) is 40.6 Å². The minimum absolute atomic E-state index is 0.0708. The Bertz CT molecular complexity index is 947. The lowest BCUT2D eigenvalue weighted by Gasteiger charge is -2.04. The number of amides is 1. The standard InChI is InChI=1S/C18H20N4O2S/c1-3-4-8-22-11-21-17-14(18(22)24)12(2)15(25-17)16(23)20-10-13-6-5-7-19-9-13/h5-7,9,11H,3-4,8,10H2,1-2H3,(H,20,23). The summed E-state index contributed by atoms with van der Waals surface area (Å²) in [5.74, 6) is -0.191. The molecule has 3 aromatic rings. The monoisotopic (exact) mass is 356 g/mol. The lowest BCUT2D eigenvalue weighted by Crippen LogP contribution is -2.23. The van der Waals surface area contributed by atoms with Crippen molar-refractivity contribution in [1.29, 1.82) is 0 Å². The van der Waals surface area contributed by atoms with Gasteiger partial charge in [0.1, 0.15) is 4.83 Å². The molecule has 6 nitrogen and oxygen atoms in total. The molecule has 0 aromatic carbocycles. The zero-order valence-corrected chi connectivity index (χ0v) is 15.1. The number of carbonyl (C=O) groups excluding carboxylic acids is 1. The third-order valence-electron chi connectivity index (χ3n) is 4.05. The number of carbonyl (C=O) groups is 1. The van der Waals surface area contributed by atoms with Crippen LogP contribution in [-0.2, 0) is 13.1 Å². The quantitative estimate of drug-likeness (QED) is 0.737. The number of rotatable bonds is 6. The van der Waals surface area contributed by atoms with Crippen molar-refractivity contribution < 1.29 is 4.79 Å². The summed E-state index contributed by atoms with van der Waals surface area (Å²) >= 11 is 1.26. The highest BCUT2D eigenvalue weighted by Gasteiger charge is 2.19. The van der Waals surface area contributed by atoms with Crippen molar-refractivity contribution in [3.63, 3.8) is 0 Å². The SMILES string of the molecule is CCCCn1cnc2sc(C(=O)NCc3cccnc3)c(C)c2c1=O. The van der Waals surface area contributed by atoms with Crippen molar-refractivity contribution >= 4 is 27.5 Å². The average Bonchev–Trinajstić information content (AvgIpc) is 2.97. The predicted molar refractivity (Wildman–Crippen MR) is 98.9 cm³/mol. The first-order valence-electron chi connectivity index (χ1n) is 8.27. The van der Waals surface area contributed by atoms with Crippen LogP contribution in [0, 0.1) is 6.92 Å². The topological polar surface area (TPSA) is 76.9 Å². The Hall–Kier alpha value is -2.54. The number of thiophene rings is 1. The second-order valence-electron chi connectivity index (χ2n) is 5.88. The summed E-state index contributed by atoms with van der Waals surface area (Å²) in [7, 11) is 0. The first-order chi connectivity index (χ1) is 12.1. The Morgan fingerprint density at radius 1 is 1.40 bits per heavy atom. The Balaban J connectivity index is 1.86. The molecule has 0 radical (unpaired) electrons. The van der Waals surface area contributed by atoms with Gasteiger partial charge in [-0.05, 0) is 30.5 Å². The number of pyridine rings is 1. The Kier molecular flexibility index (Phi) is 5.23. The number of hydrogen-bond acceptors (Lipinski definition) is 5. The molecule has 3 rings (SSSR count). The Labute approximate surface area is 149 Å². The third-order valence-corrected chi connectivity index (χ3v) is 5.25.